The van der Waals surface area contributed by atoms with E-state index in [9.17, 15) is 4.79 Å². The average molecular weight is 460 g/mol. The van der Waals surface area contributed by atoms with E-state index in [0.717, 1.165) is 33.6 Å². The van der Waals surface area contributed by atoms with E-state index in [2.05, 4.69) is 57.8 Å². The van der Waals surface area contributed by atoms with Crippen molar-refractivity contribution >= 4 is 38.6 Å². The summed E-state index contributed by atoms with van der Waals surface area (Å²) in [6.07, 6.45) is 0.479. The highest BCUT2D eigenvalue weighted by molar-refractivity contribution is 9.10. The van der Waals surface area contributed by atoms with Gasteiger partial charge in [0.15, 0.2) is 0 Å². The Morgan fingerprint density at radius 3 is 2.50 bits per heavy atom. The molecule has 1 unspecified atom stereocenters. The lowest BCUT2D eigenvalue weighted by Gasteiger charge is -2.17. The molecule has 2 heterocycles. The second kappa shape index (κ2) is 7.73. The number of hydrogen-bond acceptors (Lipinski definition) is 2. The Balaban J connectivity index is 1.51. The number of hydrogen-bond donors (Lipinski definition) is 0. The van der Waals surface area contributed by atoms with Crippen LogP contribution in [0.15, 0.2) is 77.3 Å². The minimum Gasteiger partial charge on any atom is -0.323 e. The summed E-state index contributed by atoms with van der Waals surface area (Å²) in [6.45, 7) is 3.50. The number of carbonyl (C=O) groups is 1. The van der Waals surface area contributed by atoms with Gasteiger partial charge in [0, 0.05) is 35.6 Å². The predicted octanol–water partition coefficient (Wildman–Crippen LogP) is 5.68. The van der Waals surface area contributed by atoms with Crippen LogP contribution in [0.2, 0.25) is 0 Å². The van der Waals surface area contributed by atoms with Gasteiger partial charge in [0.2, 0.25) is 5.91 Å². The molecule has 5 rings (SSSR count). The molecule has 0 spiro atoms. The summed E-state index contributed by atoms with van der Waals surface area (Å²) in [4.78, 5) is 19.7. The number of amides is 1. The van der Waals surface area contributed by atoms with Gasteiger partial charge in [0.1, 0.15) is 5.82 Å². The first-order valence-electron chi connectivity index (χ1n) is 10.1. The fourth-order valence-corrected chi connectivity index (χ4v) is 4.46. The molecule has 1 aromatic heterocycles. The van der Waals surface area contributed by atoms with Gasteiger partial charge in [-0.2, -0.15) is 0 Å². The summed E-state index contributed by atoms with van der Waals surface area (Å²) in [5, 5.41) is 0. The molecule has 0 radical (unpaired) electrons. The molecule has 0 bridgehead atoms. The van der Waals surface area contributed by atoms with E-state index in [0.29, 0.717) is 13.0 Å². The Bertz CT molecular complexity index is 1210. The van der Waals surface area contributed by atoms with E-state index < -0.39 is 0 Å². The van der Waals surface area contributed by atoms with Gasteiger partial charge in [0.05, 0.1) is 11.0 Å². The summed E-state index contributed by atoms with van der Waals surface area (Å²) in [6, 6.07) is 24.8. The Hall–Kier alpha value is -2.92. The van der Waals surface area contributed by atoms with Gasteiger partial charge in [0.25, 0.3) is 0 Å². The molecular weight excluding hydrogens is 438 g/mol. The molecule has 3 aromatic carbocycles. The fourth-order valence-electron chi connectivity index (χ4n) is 4.20. The van der Waals surface area contributed by atoms with Gasteiger partial charge >= 0.3 is 0 Å². The number of para-hydroxylation sites is 2. The lowest BCUT2D eigenvalue weighted by atomic mass is 10.1. The lowest BCUT2D eigenvalue weighted by molar-refractivity contribution is -0.117. The zero-order chi connectivity index (χ0) is 20.7. The number of carbonyl (C=O) groups excluding carboxylic acids is 1. The Labute approximate surface area is 184 Å². The molecule has 1 saturated heterocycles. The van der Waals surface area contributed by atoms with Crippen molar-refractivity contribution in [3.63, 3.8) is 0 Å². The summed E-state index contributed by atoms with van der Waals surface area (Å²) in [7, 11) is 0. The van der Waals surface area contributed by atoms with Crippen molar-refractivity contribution < 1.29 is 4.79 Å². The number of halogens is 1. The van der Waals surface area contributed by atoms with Gasteiger partial charge in [-0.25, -0.2) is 4.98 Å². The maximum Gasteiger partial charge on any atom is 0.227 e. The molecule has 0 N–H and O–H groups in total. The monoisotopic (exact) mass is 459 g/mol. The molecule has 1 aliphatic heterocycles. The summed E-state index contributed by atoms with van der Waals surface area (Å²) in [5.74, 6) is 1.21. The van der Waals surface area contributed by atoms with Gasteiger partial charge in [-0.3, -0.25) is 4.79 Å². The van der Waals surface area contributed by atoms with Crippen molar-refractivity contribution in [2.24, 2.45) is 0 Å². The maximum absolute atomic E-state index is 12.8. The number of benzene rings is 3. The quantitative estimate of drug-likeness (QED) is 0.393. The predicted molar refractivity (Wildman–Crippen MR) is 124 cm³/mol. The van der Waals surface area contributed by atoms with Crippen LogP contribution in [0.4, 0.5) is 5.69 Å². The highest BCUT2D eigenvalue weighted by atomic mass is 79.9. The minimum atomic E-state index is 0.0685. The fraction of sp³-hybridized carbons (Fsp3) is 0.200. The van der Waals surface area contributed by atoms with Crippen LogP contribution in [-0.4, -0.2) is 22.0 Å². The molecule has 1 amide bonds. The highest BCUT2D eigenvalue weighted by Crippen LogP contribution is 2.34. The molecule has 4 nitrogen and oxygen atoms in total. The van der Waals surface area contributed by atoms with E-state index in [4.69, 9.17) is 4.98 Å². The van der Waals surface area contributed by atoms with Gasteiger partial charge < -0.3 is 9.47 Å². The zero-order valence-corrected chi connectivity index (χ0v) is 18.3. The number of aromatic nitrogens is 2. The van der Waals surface area contributed by atoms with E-state index in [-0.39, 0.29) is 11.8 Å². The molecule has 1 fully saturated rings. The maximum atomic E-state index is 12.8. The standard InChI is InChI=1S/C25H22BrN3O/c1-17-6-8-18(9-7-17)15-29-23-5-3-2-4-22(23)27-25(29)19-14-24(30)28(16-19)21-12-10-20(26)11-13-21/h2-13,19H,14-16H2,1H3. The normalized spacial score (nSPS) is 16.5. The van der Waals surface area contributed by atoms with E-state index in [1.165, 1.54) is 11.1 Å². The van der Waals surface area contributed by atoms with Gasteiger partial charge in [-0.15, -0.1) is 0 Å². The third-order valence-electron chi connectivity index (χ3n) is 5.77. The SMILES string of the molecule is Cc1ccc(Cn2c(C3CC(=O)N(c4ccc(Br)cc4)C3)nc3ccccc32)cc1. The number of nitrogens with zero attached hydrogens (tertiary/aromatic N) is 3. The van der Waals surface area contributed by atoms with Crippen LogP contribution in [0.1, 0.15) is 29.3 Å². The number of anilines is 1. The Morgan fingerprint density at radius 2 is 1.73 bits per heavy atom. The first-order valence-corrected chi connectivity index (χ1v) is 10.9. The molecule has 0 saturated carbocycles. The first kappa shape index (κ1) is 19.1. The van der Waals surface area contributed by atoms with Crippen LogP contribution in [-0.2, 0) is 11.3 Å². The summed E-state index contributed by atoms with van der Waals surface area (Å²) < 4.78 is 3.29. The second-order valence-corrected chi connectivity index (χ2v) is 8.83. The summed E-state index contributed by atoms with van der Waals surface area (Å²) >= 11 is 3.47. The van der Waals surface area contributed by atoms with Crippen LogP contribution < -0.4 is 4.90 Å². The Morgan fingerprint density at radius 1 is 1.00 bits per heavy atom. The van der Waals surface area contributed by atoms with E-state index in [1.54, 1.807) is 0 Å². The number of fused-ring (bicyclic) bond motifs is 1. The van der Waals surface area contributed by atoms with Crippen LogP contribution in [0.25, 0.3) is 11.0 Å². The third-order valence-corrected chi connectivity index (χ3v) is 6.30. The topological polar surface area (TPSA) is 38.1 Å². The number of aryl methyl sites for hydroxylation is 1. The zero-order valence-electron chi connectivity index (χ0n) is 16.8. The van der Waals surface area contributed by atoms with Crippen LogP contribution >= 0.6 is 15.9 Å². The van der Waals surface area contributed by atoms with E-state index >= 15 is 0 Å². The molecule has 4 aromatic rings. The molecule has 5 heteroatoms. The van der Waals surface area contributed by atoms with Crippen molar-refractivity contribution in [2.75, 3.05) is 11.4 Å². The third kappa shape index (κ3) is 3.54. The van der Waals surface area contributed by atoms with Crippen molar-refractivity contribution in [1.82, 2.24) is 9.55 Å². The van der Waals surface area contributed by atoms with Crippen LogP contribution in [0.3, 0.4) is 0 Å². The first-order chi connectivity index (χ1) is 14.6. The van der Waals surface area contributed by atoms with Crippen LogP contribution in [0, 0.1) is 6.92 Å². The smallest absolute Gasteiger partial charge is 0.227 e. The number of imidazole rings is 1. The molecular formula is C25H22BrN3O. The minimum absolute atomic E-state index is 0.0685. The van der Waals surface area contributed by atoms with Crippen molar-refractivity contribution in [1.29, 1.82) is 0 Å². The van der Waals surface area contributed by atoms with Gasteiger partial charge in [-0.05, 0) is 48.9 Å². The van der Waals surface area contributed by atoms with Crippen molar-refractivity contribution in [2.45, 2.75) is 25.8 Å². The largest absolute Gasteiger partial charge is 0.323 e. The summed E-state index contributed by atoms with van der Waals surface area (Å²) in [5.41, 5.74) is 5.52. The molecule has 150 valence electrons. The van der Waals surface area contributed by atoms with Gasteiger partial charge in [-0.1, -0.05) is 57.9 Å². The second-order valence-electron chi connectivity index (χ2n) is 7.91. The molecule has 1 aliphatic rings. The van der Waals surface area contributed by atoms with Crippen LogP contribution in [0.5, 0.6) is 0 Å². The number of rotatable bonds is 4. The molecule has 0 aliphatic carbocycles. The van der Waals surface area contributed by atoms with Crippen molar-refractivity contribution in [3.8, 4) is 0 Å². The Kier molecular flexibility index (Phi) is 4.91. The van der Waals surface area contributed by atoms with Crippen molar-refractivity contribution in [3.05, 3.63) is 94.2 Å². The highest BCUT2D eigenvalue weighted by Gasteiger charge is 2.34. The van der Waals surface area contributed by atoms with E-state index in [1.807, 2.05) is 47.4 Å². The lowest BCUT2D eigenvalue weighted by Crippen LogP contribution is -2.24. The molecule has 30 heavy (non-hydrogen) atoms. The average Bonchev–Trinajstić information content (AvgIpc) is 3.31. The molecule has 1 atom stereocenters.